The van der Waals surface area contributed by atoms with Gasteiger partial charge in [-0.05, 0) is 44.4 Å². The van der Waals surface area contributed by atoms with Gasteiger partial charge in [-0.3, -0.25) is 0 Å². The fourth-order valence-electron chi connectivity index (χ4n) is 0.898. The van der Waals surface area contributed by atoms with Gasteiger partial charge in [-0.2, -0.15) is 0 Å². The van der Waals surface area contributed by atoms with Gasteiger partial charge in [0, 0.05) is 6.42 Å². The normalized spacial score (nSPS) is 8.93. The van der Waals surface area contributed by atoms with Crippen molar-refractivity contribution in [1.29, 1.82) is 0 Å². The van der Waals surface area contributed by atoms with E-state index in [1.807, 2.05) is 6.92 Å². The third-order valence-corrected chi connectivity index (χ3v) is 2.37. The van der Waals surface area contributed by atoms with Crippen LogP contribution < -0.4 is 0 Å². The molecule has 0 aliphatic carbocycles. The van der Waals surface area contributed by atoms with Crippen LogP contribution in [0.15, 0.2) is 18.2 Å². The summed E-state index contributed by atoms with van der Waals surface area (Å²) >= 11 is 0. The van der Waals surface area contributed by atoms with Crippen molar-refractivity contribution in [2.75, 3.05) is 0 Å². The molecule has 1 aromatic carbocycles. The highest BCUT2D eigenvalue weighted by molar-refractivity contribution is 5.74. The summed E-state index contributed by atoms with van der Waals surface area (Å²) in [6, 6.07) is 6.38. The Balaban J connectivity index is 0.000000292. The van der Waals surface area contributed by atoms with Crippen LogP contribution in [-0.4, -0.2) is 5.78 Å². The number of aryl methyl sites for hydroxylation is 2. The van der Waals surface area contributed by atoms with Gasteiger partial charge in [0.25, 0.3) is 0 Å². The average molecular weight is 192 g/mol. The van der Waals surface area contributed by atoms with E-state index in [1.54, 1.807) is 6.92 Å². The second-order valence-corrected chi connectivity index (χ2v) is 3.57. The Bertz CT molecular complexity index is 280. The van der Waals surface area contributed by atoms with Crippen molar-refractivity contribution in [3.63, 3.8) is 0 Å². The summed E-state index contributed by atoms with van der Waals surface area (Å²) < 4.78 is 0. The number of hydrogen-bond donors (Lipinski definition) is 0. The molecule has 0 fully saturated rings. The summed E-state index contributed by atoms with van der Waals surface area (Å²) in [6.45, 7) is 9.87. The molecule has 0 saturated heterocycles. The van der Waals surface area contributed by atoms with Crippen LogP contribution in [0.3, 0.4) is 0 Å². The number of carbonyl (C=O) groups is 1. The Morgan fingerprint density at radius 3 is 1.71 bits per heavy atom. The minimum absolute atomic E-state index is 0.255. The fourth-order valence-corrected chi connectivity index (χ4v) is 0.898. The summed E-state index contributed by atoms with van der Waals surface area (Å²) in [6.07, 6.45) is 0.667. The third-order valence-electron chi connectivity index (χ3n) is 2.37. The Kier molecular flexibility index (Phi) is 5.86. The van der Waals surface area contributed by atoms with E-state index in [-0.39, 0.29) is 5.78 Å². The second-order valence-electron chi connectivity index (χ2n) is 3.57. The lowest BCUT2D eigenvalue weighted by molar-refractivity contribution is -0.116. The summed E-state index contributed by atoms with van der Waals surface area (Å²) in [5, 5.41) is 0. The van der Waals surface area contributed by atoms with E-state index in [1.165, 1.54) is 16.7 Å². The Morgan fingerprint density at radius 2 is 1.50 bits per heavy atom. The van der Waals surface area contributed by atoms with Crippen LogP contribution in [-0.2, 0) is 4.79 Å². The van der Waals surface area contributed by atoms with Gasteiger partial charge < -0.3 is 4.79 Å². The lowest BCUT2D eigenvalue weighted by Gasteiger charge is -2.00. The maximum absolute atomic E-state index is 9.81. The second kappa shape index (κ2) is 6.36. The SMILES string of the molecule is CCC(C)=O.Cc1cccc(C)c1C. The van der Waals surface area contributed by atoms with Crippen molar-refractivity contribution in [3.05, 3.63) is 34.9 Å². The number of Topliss-reactive ketones (excluding diaryl/α,β-unsaturated/α-hetero) is 1. The van der Waals surface area contributed by atoms with Gasteiger partial charge in [0.05, 0.1) is 0 Å². The molecule has 1 aromatic rings. The fraction of sp³-hybridized carbons (Fsp3) is 0.462. The highest BCUT2D eigenvalue weighted by atomic mass is 16.1. The Labute approximate surface area is 87.2 Å². The molecule has 0 bridgehead atoms. The monoisotopic (exact) mass is 192 g/mol. The molecule has 78 valence electrons. The standard InChI is InChI=1S/C9H12.C4H8O/c1-7-5-4-6-8(2)9(7)3;1-3-4(2)5/h4-6H,1-3H3;3H2,1-2H3. The van der Waals surface area contributed by atoms with Crippen LogP contribution in [0, 0.1) is 20.8 Å². The van der Waals surface area contributed by atoms with E-state index < -0.39 is 0 Å². The zero-order chi connectivity index (χ0) is 11.1. The van der Waals surface area contributed by atoms with Gasteiger partial charge in [0.2, 0.25) is 0 Å². The minimum atomic E-state index is 0.255. The smallest absolute Gasteiger partial charge is 0.129 e. The van der Waals surface area contributed by atoms with Crippen molar-refractivity contribution in [1.82, 2.24) is 0 Å². The molecule has 0 unspecified atom stereocenters. The first kappa shape index (κ1) is 12.9. The summed E-state index contributed by atoms with van der Waals surface area (Å²) in [5.74, 6) is 0.255. The minimum Gasteiger partial charge on any atom is -0.300 e. The van der Waals surface area contributed by atoms with E-state index in [0.29, 0.717) is 6.42 Å². The predicted octanol–water partition coefficient (Wildman–Crippen LogP) is 3.60. The zero-order valence-corrected chi connectivity index (χ0v) is 9.85. The van der Waals surface area contributed by atoms with Crippen LogP contribution in [0.4, 0.5) is 0 Å². The van der Waals surface area contributed by atoms with Crippen molar-refractivity contribution in [3.8, 4) is 0 Å². The van der Waals surface area contributed by atoms with Gasteiger partial charge >= 0.3 is 0 Å². The first-order chi connectivity index (χ1) is 6.49. The van der Waals surface area contributed by atoms with E-state index in [2.05, 4.69) is 39.0 Å². The molecule has 0 radical (unpaired) electrons. The first-order valence-electron chi connectivity index (χ1n) is 5.01. The quantitative estimate of drug-likeness (QED) is 0.664. The highest BCUT2D eigenvalue weighted by Crippen LogP contribution is 2.09. The van der Waals surface area contributed by atoms with Gasteiger partial charge in [-0.25, -0.2) is 0 Å². The third kappa shape index (κ3) is 4.80. The number of ketones is 1. The molecule has 0 amide bonds. The Hall–Kier alpha value is -1.11. The van der Waals surface area contributed by atoms with Gasteiger partial charge in [0.15, 0.2) is 0 Å². The largest absolute Gasteiger partial charge is 0.300 e. The van der Waals surface area contributed by atoms with Gasteiger partial charge in [-0.15, -0.1) is 0 Å². The van der Waals surface area contributed by atoms with Crippen molar-refractivity contribution < 1.29 is 4.79 Å². The maximum Gasteiger partial charge on any atom is 0.129 e. The van der Waals surface area contributed by atoms with Crippen LogP contribution in [0.5, 0.6) is 0 Å². The first-order valence-corrected chi connectivity index (χ1v) is 5.01. The molecule has 1 heteroatoms. The maximum atomic E-state index is 9.81. The molecule has 0 atom stereocenters. The molecule has 1 nitrogen and oxygen atoms in total. The molecule has 0 saturated carbocycles. The van der Waals surface area contributed by atoms with E-state index >= 15 is 0 Å². The molecule has 0 aromatic heterocycles. The predicted molar refractivity (Wildman–Crippen MR) is 61.6 cm³/mol. The summed E-state index contributed by atoms with van der Waals surface area (Å²) in [4.78, 5) is 9.81. The van der Waals surface area contributed by atoms with E-state index in [4.69, 9.17) is 0 Å². The lowest BCUT2D eigenvalue weighted by Crippen LogP contribution is -1.82. The molecule has 0 aliphatic heterocycles. The van der Waals surface area contributed by atoms with Crippen molar-refractivity contribution in [2.24, 2.45) is 0 Å². The molecule has 0 spiro atoms. The Morgan fingerprint density at radius 1 is 1.14 bits per heavy atom. The topological polar surface area (TPSA) is 17.1 Å². The van der Waals surface area contributed by atoms with Gasteiger partial charge in [-0.1, -0.05) is 25.1 Å². The van der Waals surface area contributed by atoms with Crippen LogP contribution in [0.2, 0.25) is 0 Å². The zero-order valence-electron chi connectivity index (χ0n) is 9.85. The summed E-state index contributed by atoms with van der Waals surface area (Å²) in [5.41, 5.74) is 4.18. The lowest BCUT2D eigenvalue weighted by atomic mass is 10.1. The van der Waals surface area contributed by atoms with Crippen LogP contribution in [0.1, 0.15) is 37.0 Å². The number of carbonyl (C=O) groups excluding carboxylic acids is 1. The van der Waals surface area contributed by atoms with Crippen molar-refractivity contribution in [2.45, 2.75) is 41.0 Å². The molecule has 1 rings (SSSR count). The number of rotatable bonds is 1. The van der Waals surface area contributed by atoms with Crippen LogP contribution in [0.25, 0.3) is 0 Å². The molecular weight excluding hydrogens is 172 g/mol. The van der Waals surface area contributed by atoms with E-state index in [9.17, 15) is 4.79 Å². The molecule has 0 heterocycles. The average Bonchev–Trinajstić information content (AvgIpc) is 2.15. The number of hydrogen-bond acceptors (Lipinski definition) is 1. The molecule has 0 N–H and O–H groups in total. The highest BCUT2D eigenvalue weighted by Gasteiger charge is 1.91. The van der Waals surface area contributed by atoms with Crippen molar-refractivity contribution >= 4 is 5.78 Å². The van der Waals surface area contributed by atoms with E-state index in [0.717, 1.165) is 0 Å². The molecular formula is C13H20O. The molecule has 0 aliphatic rings. The summed E-state index contributed by atoms with van der Waals surface area (Å²) in [7, 11) is 0. The number of benzene rings is 1. The van der Waals surface area contributed by atoms with Gasteiger partial charge in [0.1, 0.15) is 5.78 Å². The van der Waals surface area contributed by atoms with Crippen LogP contribution >= 0.6 is 0 Å². The molecule has 14 heavy (non-hydrogen) atoms.